The van der Waals surface area contributed by atoms with Gasteiger partial charge in [-0.05, 0) is 51.3 Å². The molecule has 6 nitrogen and oxygen atoms in total. The van der Waals surface area contributed by atoms with Crippen molar-refractivity contribution in [1.29, 1.82) is 0 Å². The molecule has 162 valence electrons. The van der Waals surface area contributed by atoms with Crippen LogP contribution in [0.1, 0.15) is 45.6 Å². The van der Waals surface area contributed by atoms with Gasteiger partial charge in [0.05, 0.1) is 6.54 Å². The van der Waals surface area contributed by atoms with Crippen molar-refractivity contribution < 1.29 is 13.9 Å². The lowest BCUT2D eigenvalue weighted by atomic mass is 9.74. The second kappa shape index (κ2) is 11.8. The van der Waals surface area contributed by atoms with Crippen LogP contribution in [-0.4, -0.2) is 62.7 Å². The molecule has 0 unspecified atom stereocenters. The van der Waals surface area contributed by atoms with Gasteiger partial charge >= 0.3 is 0 Å². The average Bonchev–Trinajstić information content (AvgIpc) is 2.73. The summed E-state index contributed by atoms with van der Waals surface area (Å²) >= 11 is 0. The van der Waals surface area contributed by atoms with Gasteiger partial charge in [0, 0.05) is 51.2 Å². The minimum absolute atomic E-state index is 0.138. The Bertz CT molecular complexity index is 671. The van der Waals surface area contributed by atoms with Crippen molar-refractivity contribution in [2.24, 2.45) is 4.99 Å². The van der Waals surface area contributed by atoms with Gasteiger partial charge in [-0.25, -0.2) is 4.39 Å². The summed E-state index contributed by atoms with van der Waals surface area (Å²) in [5, 5.41) is 6.50. The van der Waals surface area contributed by atoms with Crippen molar-refractivity contribution in [3.05, 3.63) is 35.6 Å². The Morgan fingerprint density at radius 3 is 2.55 bits per heavy atom. The highest BCUT2D eigenvalue weighted by Gasteiger charge is 2.34. The van der Waals surface area contributed by atoms with Crippen LogP contribution < -0.4 is 10.6 Å². The van der Waals surface area contributed by atoms with E-state index in [1.54, 1.807) is 12.1 Å². The van der Waals surface area contributed by atoms with E-state index < -0.39 is 0 Å². The number of hydrogen-bond donors (Lipinski definition) is 2. The Hall–Kier alpha value is -2.15. The highest BCUT2D eigenvalue weighted by molar-refractivity contribution is 5.81. The predicted molar refractivity (Wildman–Crippen MR) is 115 cm³/mol. The molecule has 0 radical (unpaired) electrons. The second-order valence-electron chi connectivity index (χ2n) is 7.34. The fourth-order valence-electron chi connectivity index (χ4n) is 3.71. The number of amides is 1. The molecule has 0 atom stereocenters. The molecule has 0 spiro atoms. The molecule has 2 N–H and O–H groups in total. The molecule has 0 saturated carbocycles. The highest BCUT2D eigenvalue weighted by Crippen LogP contribution is 2.35. The summed E-state index contributed by atoms with van der Waals surface area (Å²) in [5.74, 6) is 0.596. The van der Waals surface area contributed by atoms with Crippen LogP contribution >= 0.6 is 0 Å². The van der Waals surface area contributed by atoms with E-state index in [4.69, 9.17) is 9.73 Å². The molecular formula is C22H35FN4O2. The van der Waals surface area contributed by atoms with Crippen molar-refractivity contribution in [3.8, 4) is 0 Å². The molecule has 1 saturated heterocycles. The largest absolute Gasteiger partial charge is 0.381 e. The van der Waals surface area contributed by atoms with Gasteiger partial charge in [-0.2, -0.15) is 0 Å². The van der Waals surface area contributed by atoms with E-state index in [0.717, 1.165) is 38.0 Å². The summed E-state index contributed by atoms with van der Waals surface area (Å²) < 4.78 is 19.4. The standard InChI is InChI=1S/C22H35FN4O2/c1-4-24-21(25-13-10-20(28)27(5-2)6-3)26-17-22(11-14-29-15-12-22)18-8-7-9-19(23)16-18/h7-9,16H,4-6,10-15,17H2,1-3H3,(H2,24,25,26). The Labute approximate surface area is 173 Å². The lowest BCUT2D eigenvalue weighted by Crippen LogP contribution is -2.42. The molecule has 1 heterocycles. The Morgan fingerprint density at radius 1 is 1.21 bits per heavy atom. The Morgan fingerprint density at radius 2 is 1.93 bits per heavy atom. The zero-order valence-electron chi connectivity index (χ0n) is 18.0. The number of aliphatic imine (C=N–C) groups is 1. The number of carbonyl (C=O) groups excluding carboxylic acids is 1. The normalized spacial score (nSPS) is 16.3. The van der Waals surface area contributed by atoms with E-state index in [1.165, 1.54) is 6.07 Å². The number of nitrogens with zero attached hydrogens (tertiary/aromatic N) is 2. The number of benzene rings is 1. The third-order valence-electron chi connectivity index (χ3n) is 5.52. The van der Waals surface area contributed by atoms with Gasteiger partial charge in [0.25, 0.3) is 0 Å². The molecular weight excluding hydrogens is 371 g/mol. The summed E-state index contributed by atoms with van der Waals surface area (Å²) in [6, 6.07) is 6.82. The Balaban J connectivity index is 2.06. The maximum Gasteiger partial charge on any atom is 0.224 e. The molecule has 7 heteroatoms. The SMILES string of the molecule is CCNC(=NCC1(c2cccc(F)c2)CCOCC1)NCCC(=O)N(CC)CC. The van der Waals surface area contributed by atoms with E-state index in [1.807, 2.05) is 31.7 Å². The molecule has 29 heavy (non-hydrogen) atoms. The van der Waals surface area contributed by atoms with Crippen LogP contribution in [0.2, 0.25) is 0 Å². The number of ether oxygens (including phenoxy) is 1. The first-order valence-electron chi connectivity index (χ1n) is 10.7. The molecule has 0 aromatic heterocycles. The lowest BCUT2D eigenvalue weighted by Gasteiger charge is -2.36. The minimum Gasteiger partial charge on any atom is -0.381 e. The number of rotatable bonds is 9. The van der Waals surface area contributed by atoms with Gasteiger partial charge in [-0.15, -0.1) is 0 Å². The average molecular weight is 407 g/mol. The van der Waals surface area contributed by atoms with Crippen LogP contribution in [0.15, 0.2) is 29.3 Å². The number of nitrogens with one attached hydrogen (secondary N) is 2. The van der Waals surface area contributed by atoms with Crippen molar-refractivity contribution in [3.63, 3.8) is 0 Å². The van der Waals surface area contributed by atoms with E-state index in [-0.39, 0.29) is 17.1 Å². The van der Waals surface area contributed by atoms with Crippen molar-refractivity contribution >= 4 is 11.9 Å². The summed E-state index contributed by atoms with van der Waals surface area (Å²) in [5.41, 5.74) is 0.733. The predicted octanol–water partition coefficient (Wildman–Crippen LogP) is 2.69. The van der Waals surface area contributed by atoms with Crippen LogP contribution in [0.25, 0.3) is 0 Å². The van der Waals surface area contributed by atoms with Gasteiger partial charge in [0.1, 0.15) is 5.82 Å². The number of guanidine groups is 1. The van der Waals surface area contributed by atoms with E-state index in [0.29, 0.717) is 38.7 Å². The quantitative estimate of drug-likeness (QED) is 0.489. The van der Waals surface area contributed by atoms with Crippen LogP contribution in [0.3, 0.4) is 0 Å². The van der Waals surface area contributed by atoms with Gasteiger partial charge < -0.3 is 20.3 Å². The third-order valence-corrected chi connectivity index (χ3v) is 5.52. The number of carbonyl (C=O) groups is 1. The first-order chi connectivity index (χ1) is 14.0. The Kier molecular flexibility index (Phi) is 9.38. The third kappa shape index (κ3) is 6.70. The fraction of sp³-hybridized carbons (Fsp3) is 0.636. The monoisotopic (exact) mass is 406 g/mol. The summed E-state index contributed by atoms with van der Waals surface area (Å²) in [4.78, 5) is 18.8. The maximum atomic E-state index is 13.8. The van der Waals surface area contributed by atoms with E-state index in [9.17, 15) is 9.18 Å². The zero-order chi connectivity index (χ0) is 21.1. The molecule has 1 aromatic rings. The summed E-state index contributed by atoms with van der Waals surface area (Å²) in [6.07, 6.45) is 2.04. The fourth-order valence-corrected chi connectivity index (χ4v) is 3.71. The molecule has 0 aliphatic carbocycles. The van der Waals surface area contributed by atoms with Crippen LogP contribution in [0.5, 0.6) is 0 Å². The van der Waals surface area contributed by atoms with Crippen LogP contribution in [0, 0.1) is 5.82 Å². The first kappa shape index (κ1) is 23.1. The van der Waals surface area contributed by atoms with Crippen molar-refractivity contribution in [2.75, 3.05) is 45.9 Å². The van der Waals surface area contributed by atoms with E-state index >= 15 is 0 Å². The molecule has 1 aromatic carbocycles. The molecule has 2 rings (SSSR count). The van der Waals surface area contributed by atoms with Gasteiger partial charge in [0.2, 0.25) is 5.91 Å². The zero-order valence-corrected chi connectivity index (χ0v) is 18.0. The maximum absolute atomic E-state index is 13.8. The van der Waals surface area contributed by atoms with Crippen LogP contribution in [-0.2, 0) is 14.9 Å². The number of hydrogen-bond acceptors (Lipinski definition) is 3. The van der Waals surface area contributed by atoms with E-state index in [2.05, 4.69) is 10.6 Å². The first-order valence-corrected chi connectivity index (χ1v) is 10.7. The van der Waals surface area contributed by atoms with Gasteiger partial charge in [-0.3, -0.25) is 9.79 Å². The summed E-state index contributed by atoms with van der Waals surface area (Å²) in [7, 11) is 0. The van der Waals surface area contributed by atoms with Gasteiger partial charge in [0.15, 0.2) is 5.96 Å². The molecule has 1 aliphatic rings. The molecule has 1 aliphatic heterocycles. The highest BCUT2D eigenvalue weighted by atomic mass is 19.1. The van der Waals surface area contributed by atoms with Gasteiger partial charge in [-0.1, -0.05) is 12.1 Å². The topological polar surface area (TPSA) is 66.0 Å². The minimum atomic E-state index is -0.236. The smallest absolute Gasteiger partial charge is 0.224 e. The molecule has 0 bridgehead atoms. The molecule has 1 amide bonds. The number of halogens is 1. The van der Waals surface area contributed by atoms with Crippen molar-refractivity contribution in [1.82, 2.24) is 15.5 Å². The summed E-state index contributed by atoms with van der Waals surface area (Å²) in [6.45, 7) is 10.5. The van der Waals surface area contributed by atoms with Crippen molar-refractivity contribution in [2.45, 2.75) is 45.4 Å². The van der Waals surface area contributed by atoms with Crippen LogP contribution in [0.4, 0.5) is 4.39 Å². The molecule has 1 fully saturated rings. The second-order valence-corrected chi connectivity index (χ2v) is 7.34. The lowest BCUT2D eigenvalue weighted by molar-refractivity contribution is -0.130.